The molecule has 0 aromatic rings. The summed E-state index contributed by atoms with van der Waals surface area (Å²) in [7, 11) is 0. The molecule has 3 fully saturated rings. The van der Waals surface area contributed by atoms with Crippen LogP contribution in [0, 0.1) is 29.6 Å². The Morgan fingerprint density at radius 1 is 1.13 bits per heavy atom. The molecule has 2 bridgehead atoms. The standard InChI is InChI=1S/C18H24N2O3/c1-10-4-2-3-5-13(10)19-14(21)9-20-17(22)15-11-6-7-12(8-11)16(15)18(20)23/h6-7,10-13,15-16H,2-5,8-9H2,1H3,(H,19,21). The number of nitrogens with zero attached hydrogens (tertiary/aromatic N) is 1. The highest BCUT2D eigenvalue weighted by molar-refractivity contribution is 6.08. The van der Waals surface area contributed by atoms with E-state index < -0.39 is 0 Å². The summed E-state index contributed by atoms with van der Waals surface area (Å²) in [6, 6.07) is 0.182. The van der Waals surface area contributed by atoms with E-state index in [1.807, 2.05) is 0 Å². The number of amides is 3. The minimum atomic E-state index is -0.209. The molecular formula is C18H24N2O3. The van der Waals surface area contributed by atoms with Gasteiger partial charge in [-0.05, 0) is 37.0 Å². The van der Waals surface area contributed by atoms with Crippen molar-refractivity contribution in [1.29, 1.82) is 0 Å². The van der Waals surface area contributed by atoms with Crippen molar-refractivity contribution in [1.82, 2.24) is 10.2 Å². The molecule has 4 rings (SSSR count). The van der Waals surface area contributed by atoms with E-state index in [1.165, 1.54) is 11.3 Å². The molecule has 2 saturated carbocycles. The normalized spacial score (nSPS) is 41.5. The highest BCUT2D eigenvalue weighted by Crippen LogP contribution is 2.52. The Bertz CT molecular complexity index is 555. The molecule has 5 heteroatoms. The molecule has 6 unspecified atom stereocenters. The van der Waals surface area contributed by atoms with E-state index in [2.05, 4.69) is 24.4 Å². The van der Waals surface area contributed by atoms with Crippen molar-refractivity contribution in [2.24, 2.45) is 29.6 Å². The third kappa shape index (κ3) is 2.32. The van der Waals surface area contributed by atoms with Gasteiger partial charge in [-0.3, -0.25) is 19.3 Å². The van der Waals surface area contributed by atoms with Crippen LogP contribution >= 0.6 is 0 Å². The summed E-state index contributed by atoms with van der Waals surface area (Å²) in [6.07, 6.45) is 9.55. The van der Waals surface area contributed by atoms with Gasteiger partial charge in [0, 0.05) is 6.04 Å². The van der Waals surface area contributed by atoms with Gasteiger partial charge in [-0.2, -0.15) is 0 Å². The molecule has 0 radical (unpaired) electrons. The van der Waals surface area contributed by atoms with Crippen LogP contribution in [0.3, 0.4) is 0 Å². The minimum absolute atomic E-state index is 0.104. The zero-order valence-electron chi connectivity index (χ0n) is 13.5. The number of likely N-dealkylation sites (tertiary alicyclic amines) is 1. The fourth-order valence-corrected chi connectivity index (χ4v) is 5.05. The van der Waals surface area contributed by atoms with Gasteiger partial charge in [-0.15, -0.1) is 0 Å². The third-order valence-corrected chi connectivity index (χ3v) is 6.32. The maximum Gasteiger partial charge on any atom is 0.240 e. The van der Waals surface area contributed by atoms with Gasteiger partial charge >= 0.3 is 0 Å². The third-order valence-electron chi connectivity index (χ3n) is 6.32. The number of carbonyl (C=O) groups is 3. The number of fused-ring (bicyclic) bond motifs is 5. The highest BCUT2D eigenvalue weighted by Gasteiger charge is 2.59. The van der Waals surface area contributed by atoms with Crippen LogP contribution < -0.4 is 5.32 Å². The predicted octanol–water partition coefficient (Wildman–Crippen LogP) is 1.49. The first-order valence-electron chi connectivity index (χ1n) is 8.89. The number of allylic oxidation sites excluding steroid dienone is 2. The number of rotatable bonds is 3. The first-order valence-corrected chi connectivity index (χ1v) is 8.89. The largest absolute Gasteiger partial charge is 0.352 e. The Kier molecular flexibility index (Phi) is 3.54. The maximum atomic E-state index is 12.6. The van der Waals surface area contributed by atoms with E-state index >= 15 is 0 Å². The second-order valence-electron chi connectivity index (χ2n) is 7.70. The van der Waals surface area contributed by atoms with E-state index in [9.17, 15) is 14.4 Å². The predicted molar refractivity (Wildman–Crippen MR) is 84.0 cm³/mol. The average Bonchev–Trinajstić information content (AvgIpc) is 3.19. The minimum Gasteiger partial charge on any atom is -0.352 e. The molecule has 3 aliphatic carbocycles. The molecule has 23 heavy (non-hydrogen) atoms. The Morgan fingerprint density at radius 2 is 1.74 bits per heavy atom. The van der Waals surface area contributed by atoms with Gasteiger partial charge in [0.2, 0.25) is 17.7 Å². The molecular weight excluding hydrogens is 292 g/mol. The van der Waals surface area contributed by atoms with Crippen molar-refractivity contribution in [3.05, 3.63) is 12.2 Å². The number of nitrogens with one attached hydrogen (secondary N) is 1. The van der Waals surface area contributed by atoms with Crippen molar-refractivity contribution < 1.29 is 14.4 Å². The molecule has 3 amide bonds. The van der Waals surface area contributed by atoms with Crippen molar-refractivity contribution in [3.63, 3.8) is 0 Å². The highest BCUT2D eigenvalue weighted by atomic mass is 16.2. The number of hydrogen-bond donors (Lipinski definition) is 1. The zero-order chi connectivity index (χ0) is 16.1. The first-order chi connectivity index (χ1) is 11.1. The van der Waals surface area contributed by atoms with Gasteiger partial charge < -0.3 is 5.32 Å². The molecule has 6 atom stereocenters. The van der Waals surface area contributed by atoms with E-state index in [0.29, 0.717) is 5.92 Å². The van der Waals surface area contributed by atoms with Crippen LogP contribution in [0.4, 0.5) is 0 Å². The topological polar surface area (TPSA) is 66.5 Å². The monoisotopic (exact) mass is 316 g/mol. The molecule has 124 valence electrons. The molecule has 1 N–H and O–H groups in total. The van der Waals surface area contributed by atoms with Gasteiger partial charge in [0.15, 0.2) is 0 Å². The van der Waals surface area contributed by atoms with Gasteiger partial charge in [0.05, 0.1) is 11.8 Å². The van der Waals surface area contributed by atoms with Crippen LogP contribution in [-0.2, 0) is 14.4 Å². The second-order valence-corrected chi connectivity index (χ2v) is 7.70. The molecule has 1 aliphatic heterocycles. The number of imide groups is 1. The lowest BCUT2D eigenvalue weighted by atomic mass is 9.85. The molecule has 0 spiro atoms. The summed E-state index contributed by atoms with van der Waals surface area (Å²) in [5.74, 6) is -0.00575. The van der Waals surface area contributed by atoms with Crippen LogP contribution in [-0.4, -0.2) is 35.2 Å². The summed E-state index contributed by atoms with van der Waals surface area (Å²) in [5, 5.41) is 3.04. The van der Waals surface area contributed by atoms with Crippen molar-refractivity contribution in [2.75, 3.05) is 6.54 Å². The van der Waals surface area contributed by atoms with E-state index in [4.69, 9.17) is 0 Å². The smallest absolute Gasteiger partial charge is 0.240 e. The van der Waals surface area contributed by atoms with Crippen LogP contribution in [0.1, 0.15) is 39.0 Å². The number of carbonyl (C=O) groups excluding carboxylic acids is 3. The van der Waals surface area contributed by atoms with E-state index in [1.54, 1.807) is 0 Å². The lowest BCUT2D eigenvalue weighted by Crippen LogP contribution is -2.47. The first kappa shape index (κ1) is 14.9. The Balaban J connectivity index is 1.40. The molecule has 0 aromatic carbocycles. The van der Waals surface area contributed by atoms with E-state index in [-0.39, 0.29) is 54.0 Å². The Hall–Kier alpha value is -1.65. The Labute approximate surface area is 136 Å². The summed E-state index contributed by atoms with van der Waals surface area (Å²) in [5.41, 5.74) is 0. The fraction of sp³-hybridized carbons (Fsp3) is 0.722. The fourth-order valence-electron chi connectivity index (χ4n) is 5.05. The summed E-state index contributed by atoms with van der Waals surface area (Å²) in [4.78, 5) is 38.7. The summed E-state index contributed by atoms with van der Waals surface area (Å²) in [6.45, 7) is 2.05. The lowest BCUT2D eigenvalue weighted by Gasteiger charge is -2.30. The molecule has 4 aliphatic rings. The van der Waals surface area contributed by atoms with Crippen LogP contribution in [0.25, 0.3) is 0 Å². The van der Waals surface area contributed by atoms with Gasteiger partial charge in [-0.1, -0.05) is 31.9 Å². The zero-order valence-corrected chi connectivity index (χ0v) is 13.5. The van der Waals surface area contributed by atoms with Crippen LogP contribution in [0.15, 0.2) is 12.2 Å². The van der Waals surface area contributed by atoms with Crippen molar-refractivity contribution in [3.8, 4) is 0 Å². The Morgan fingerprint density at radius 3 is 2.35 bits per heavy atom. The molecule has 1 saturated heterocycles. The van der Waals surface area contributed by atoms with Gasteiger partial charge in [0.25, 0.3) is 0 Å². The quantitative estimate of drug-likeness (QED) is 0.634. The molecule has 0 aromatic heterocycles. The molecule has 5 nitrogen and oxygen atoms in total. The van der Waals surface area contributed by atoms with Crippen molar-refractivity contribution >= 4 is 17.7 Å². The lowest BCUT2D eigenvalue weighted by molar-refractivity contribution is -0.144. The second kappa shape index (κ2) is 5.46. The number of hydrogen-bond acceptors (Lipinski definition) is 3. The van der Waals surface area contributed by atoms with Crippen LogP contribution in [0.2, 0.25) is 0 Å². The summed E-state index contributed by atoms with van der Waals surface area (Å²) >= 11 is 0. The van der Waals surface area contributed by atoms with Crippen molar-refractivity contribution in [2.45, 2.75) is 45.1 Å². The van der Waals surface area contributed by atoms with Crippen LogP contribution in [0.5, 0.6) is 0 Å². The average molecular weight is 316 g/mol. The SMILES string of the molecule is CC1CCCCC1NC(=O)CN1C(=O)C2C3C=CC(C3)C2C1=O. The van der Waals surface area contributed by atoms with E-state index in [0.717, 1.165) is 25.7 Å². The maximum absolute atomic E-state index is 12.6. The molecule has 1 heterocycles. The van der Waals surface area contributed by atoms with Gasteiger partial charge in [-0.25, -0.2) is 0 Å². The summed E-state index contributed by atoms with van der Waals surface area (Å²) < 4.78 is 0. The van der Waals surface area contributed by atoms with Gasteiger partial charge in [0.1, 0.15) is 6.54 Å².